The first-order valence-corrected chi connectivity index (χ1v) is 22.3. The summed E-state index contributed by atoms with van der Waals surface area (Å²) in [5, 5.41) is 2.39. The van der Waals surface area contributed by atoms with E-state index >= 15 is 0 Å². The molecule has 0 amide bonds. The number of fused-ring (bicyclic) bond motifs is 2. The second-order valence-corrected chi connectivity index (χ2v) is 16.3. The molecule has 1 atom stereocenters. The van der Waals surface area contributed by atoms with Gasteiger partial charge in [-0.05, 0) is 89.0 Å². The van der Waals surface area contributed by atoms with Gasteiger partial charge in [-0.25, -0.2) is 19.9 Å². The number of rotatable bonds is 11. The predicted octanol–water partition coefficient (Wildman–Crippen LogP) is 15.3. The molecule has 9 aromatic rings. The van der Waals surface area contributed by atoms with Gasteiger partial charge in [-0.1, -0.05) is 195 Å². The zero-order chi connectivity index (χ0) is 43.2. The number of hydrogen-bond acceptors (Lipinski definition) is 4. The zero-order valence-corrected chi connectivity index (χ0v) is 36.2. The van der Waals surface area contributed by atoms with Gasteiger partial charge in [-0.15, -0.1) is 0 Å². The number of hydrogen-bond donors (Lipinski definition) is 0. The third-order valence-electron chi connectivity index (χ3n) is 12.2. The third-order valence-corrected chi connectivity index (χ3v) is 12.2. The van der Waals surface area contributed by atoms with E-state index in [0.717, 1.165) is 75.4 Å². The molecule has 0 spiro atoms. The molecule has 0 saturated heterocycles. The van der Waals surface area contributed by atoms with Crippen LogP contribution in [0.3, 0.4) is 0 Å². The van der Waals surface area contributed by atoms with Crippen molar-refractivity contribution in [1.29, 1.82) is 0 Å². The largest absolute Gasteiger partial charge is 0.228 e. The summed E-state index contributed by atoms with van der Waals surface area (Å²) < 4.78 is 0. The van der Waals surface area contributed by atoms with Gasteiger partial charge in [0.05, 0.1) is 22.8 Å². The lowest BCUT2D eigenvalue weighted by Gasteiger charge is -2.20. The van der Waals surface area contributed by atoms with E-state index in [9.17, 15) is 0 Å². The van der Waals surface area contributed by atoms with Crippen LogP contribution in [0.1, 0.15) is 66.2 Å². The monoisotopic (exact) mass is 824 g/mol. The number of allylic oxidation sites excluding steroid dienone is 5. The highest BCUT2D eigenvalue weighted by Crippen LogP contribution is 2.37. The Morgan fingerprint density at radius 2 is 1.06 bits per heavy atom. The molecule has 7 aromatic carbocycles. The Kier molecular flexibility index (Phi) is 11.5. The molecule has 4 nitrogen and oxygen atoms in total. The van der Waals surface area contributed by atoms with Crippen LogP contribution in [-0.4, -0.2) is 19.9 Å². The molecule has 1 aliphatic carbocycles. The van der Waals surface area contributed by atoms with Gasteiger partial charge in [-0.2, -0.15) is 0 Å². The van der Waals surface area contributed by atoms with Crippen molar-refractivity contribution < 1.29 is 0 Å². The first-order chi connectivity index (χ1) is 31.6. The van der Waals surface area contributed by atoms with E-state index < -0.39 is 0 Å². The average Bonchev–Trinajstić information content (AvgIpc) is 3.37. The van der Waals surface area contributed by atoms with Crippen molar-refractivity contribution in [1.82, 2.24) is 19.9 Å². The van der Waals surface area contributed by atoms with Gasteiger partial charge < -0.3 is 0 Å². The van der Waals surface area contributed by atoms with Crippen LogP contribution in [0.4, 0.5) is 0 Å². The Morgan fingerprint density at radius 3 is 1.73 bits per heavy atom. The van der Waals surface area contributed by atoms with E-state index in [1.807, 2.05) is 25.1 Å². The maximum absolute atomic E-state index is 5.17. The summed E-state index contributed by atoms with van der Waals surface area (Å²) in [6.45, 7) is 4.19. The van der Waals surface area contributed by atoms with Crippen molar-refractivity contribution in [3.05, 3.63) is 240 Å². The summed E-state index contributed by atoms with van der Waals surface area (Å²) in [6.07, 6.45) is 14.0. The molecule has 2 heterocycles. The smallest absolute Gasteiger partial charge is 0.160 e. The minimum atomic E-state index is 0.0108. The van der Waals surface area contributed by atoms with E-state index in [-0.39, 0.29) is 5.92 Å². The molecule has 1 unspecified atom stereocenters. The molecule has 1 aliphatic rings. The third kappa shape index (κ3) is 8.51. The van der Waals surface area contributed by atoms with Crippen molar-refractivity contribution in [2.24, 2.45) is 0 Å². The van der Waals surface area contributed by atoms with Crippen LogP contribution in [0.5, 0.6) is 0 Å². The lowest BCUT2D eigenvalue weighted by Crippen LogP contribution is -2.04. The summed E-state index contributed by atoms with van der Waals surface area (Å²) in [5.74, 6) is 1.44. The second kappa shape index (κ2) is 18.3. The first kappa shape index (κ1) is 40.3. The first-order valence-electron chi connectivity index (χ1n) is 22.3. The van der Waals surface area contributed by atoms with Crippen LogP contribution in [-0.2, 0) is 6.42 Å². The molecule has 0 saturated carbocycles. The summed E-state index contributed by atoms with van der Waals surface area (Å²) in [7, 11) is 0. The minimum Gasteiger partial charge on any atom is -0.228 e. The van der Waals surface area contributed by atoms with Crippen molar-refractivity contribution in [2.45, 2.75) is 39.0 Å². The van der Waals surface area contributed by atoms with E-state index in [1.54, 1.807) is 0 Å². The molecule has 2 aromatic heterocycles. The lowest BCUT2D eigenvalue weighted by atomic mass is 9.84. The minimum absolute atomic E-state index is 0.0108. The van der Waals surface area contributed by atoms with Crippen molar-refractivity contribution in [2.75, 3.05) is 0 Å². The molecule has 0 bridgehead atoms. The molecular weight excluding hydrogens is 777 g/mol. The SMILES string of the molecule is C/C=C(\C=C/CC)c1nc(-c2ccc(C(c3ccccc3)c3ccc(-c4cc(-c5ccc6c(c5)C=CCC6)nc(-c5ccccc5)n4)cc3)cc2)cc(-c2ccc3ccccc3c2)n1. The molecule has 0 N–H and O–H groups in total. The maximum atomic E-state index is 5.17. The number of benzene rings is 7. The fourth-order valence-corrected chi connectivity index (χ4v) is 8.73. The topological polar surface area (TPSA) is 51.6 Å². The van der Waals surface area contributed by atoms with Crippen LogP contribution in [0.2, 0.25) is 0 Å². The Balaban J connectivity index is 1.01. The van der Waals surface area contributed by atoms with Crippen LogP contribution < -0.4 is 0 Å². The Bertz CT molecular complexity index is 3180. The summed E-state index contributed by atoms with van der Waals surface area (Å²) in [6, 6.07) is 64.9. The van der Waals surface area contributed by atoms with Crippen LogP contribution in [0.15, 0.2) is 206 Å². The fourth-order valence-electron chi connectivity index (χ4n) is 8.73. The van der Waals surface area contributed by atoms with E-state index in [1.165, 1.54) is 38.6 Å². The highest BCUT2D eigenvalue weighted by Gasteiger charge is 2.19. The van der Waals surface area contributed by atoms with E-state index in [0.29, 0.717) is 11.6 Å². The fraction of sp³-hybridized carbons (Fsp3) is 0.100. The van der Waals surface area contributed by atoms with Gasteiger partial charge >= 0.3 is 0 Å². The van der Waals surface area contributed by atoms with Crippen LogP contribution >= 0.6 is 0 Å². The van der Waals surface area contributed by atoms with E-state index in [2.05, 4.69) is 201 Å². The molecular formula is C60H48N4. The zero-order valence-electron chi connectivity index (χ0n) is 36.2. The second-order valence-electron chi connectivity index (χ2n) is 16.3. The standard InChI is InChI=1S/C60H48N4/c1-3-5-16-41(4-2)59-61-54(39-56(63-59)52-35-25-42-17-12-14-23-50(42)37-52)44-27-31-47(32-28-44)58(46-19-8-6-9-20-46)48-33-29-45(30-34-48)55-40-57(64-60(62-55)49-21-10-7-11-22-49)53-36-26-43-18-13-15-24-51(43)38-53/h4-12,14-17,19-40,58H,3,13,18H2,1-2H3/b16-5-,41-4+. The maximum Gasteiger partial charge on any atom is 0.160 e. The normalized spacial score (nSPS) is 13.0. The molecule has 0 aliphatic heterocycles. The highest BCUT2D eigenvalue weighted by atomic mass is 14.9. The lowest BCUT2D eigenvalue weighted by molar-refractivity contribution is 0.977. The molecule has 308 valence electrons. The summed E-state index contributed by atoms with van der Waals surface area (Å²) in [4.78, 5) is 20.6. The predicted molar refractivity (Wildman–Crippen MR) is 267 cm³/mol. The molecule has 4 heteroatoms. The van der Waals surface area contributed by atoms with Crippen molar-refractivity contribution >= 4 is 22.4 Å². The van der Waals surface area contributed by atoms with Gasteiger partial charge in [0.2, 0.25) is 0 Å². The summed E-state index contributed by atoms with van der Waals surface area (Å²) in [5.41, 5.74) is 16.1. The van der Waals surface area contributed by atoms with Crippen LogP contribution in [0, 0.1) is 0 Å². The van der Waals surface area contributed by atoms with Gasteiger partial charge in [0.1, 0.15) is 0 Å². The van der Waals surface area contributed by atoms with Gasteiger partial charge in [0.15, 0.2) is 11.6 Å². The van der Waals surface area contributed by atoms with E-state index in [4.69, 9.17) is 19.9 Å². The molecule has 10 rings (SSSR count). The average molecular weight is 825 g/mol. The number of aryl methyl sites for hydroxylation is 1. The van der Waals surface area contributed by atoms with Crippen molar-refractivity contribution in [3.63, 3.8) is 0 Å². The summed E-state index contributed by atoms with van der Waals surface area (Å²) >= 11 is 0. The molecule has 0 radical (unpaired) electrons. The van der Waals surface area contributed by atoms with Crippen molar-refractivity contribution in [3.8, 4) is 56.4 Å². The van der Waals surface area contributed by atoms with Gasteiger partial charge in [0, 0.05) is 39.3 Å². The Hall–Kier alpha value is -7.82. The Labute approximate surface area is 376 Å². The quantitative estimate of drug-likeness (QED) is 0.0963. The number of aromatic nitrogens is 4. The highest BCUT2D eigenvalue weighted by molar-refractivity contribution is 5.87. The Morgan fingerprint density at radius 1 is 0.516 bits per heavy atom. The van der Waals surface area contributed by atoms with Gasteiger partial charge in [0.25, 0.3) is 0 Å². The molecule has 64 heavy (non-hydrogen) atoms. The van der Waals surface area contributed by atoms with Crippen LogP contribution in [0.25, 0.3) is 78.8 Å². The number of nitrogens with zero attached hydrogens (tertiary/aromatic N) is 4. The van der Waals surface area contributed by atoms with Gasteiger partial charge in [-0.3, -0.25) is 0 Å². The molecule has 0 fully saturated rings.